The number of hydrogen-bond acceptors (Lipinski definition) is 2. The predicted molar refractivity (Wildman–Crippen MR) is 57.6 cm³/mol. The maximum Gasteiger partial charge on any atom is 0.0999 e. The number of rotatable bonds is 7. The minimum Gasteiger partial charge on any atom is -0.368 e. The molecule has 0 spiro atoms. The van der Waals surface area contributed by atoms with Crippen LogP contribution in [0.3, 0.4) is 0 Å². The van der Waals surface area contributed by atoms with Gasteiger partial charge in [0.25, 0.3) is 0 Å². The molecule has 0 fully saturated rings. The Labute approximate surface area is 81.3 Å². The lowest BCUT2D eigenvalue weighted by molar-refractivity contribution is 0.100. The van der Waals surface area contributed by atoms with Crippen molar-refractivity contribution in [1.29, 1.82) is 0 Å². The van der Waals surface area contributed by atoms with Crippen LogP contribution in [-0.4, -0.2) is 17.8 Å². The van der Waals surface area contributed by atoms with Gasteiger partial charge in [0.2, 0.25) is 0 Å². The Morgan fingerprint density at radius 3 is 2.42 bits per heavy atom. The zero-order valence-corrected chi connectivity index (χ0v) is 9.62. The van der Waals surface area contributed by atoms with E-state index in [2.05, 4.69) is 27.7 Å². The van der Waals surface area contributed by atoms with Crippen LogP contribution in [0.15, 0.2) is 0 Å². The van der Waals surface area contributed by atoms with Gasteiger partial charge in [-0.05, 0) is 25.0 Å². The van der Waals surface area contributed by atoms with Crippen LogP contribution < -0.4 is 0 Å². The van der Waals surface area contributed by atoms with Gasteiger partial charge in [-0.2, -0.15) is 0 Å². The van der Waals surface area contributed by atoms with E-state index in [-0.39, 0.29) is 0 Å². The molecule has 74 valence electrons. The Balaban J connectivity index is 3.15. The lowest BCUT2D eigenvalue weighted by atomic mass is 10.2. The molecule has 0 radical (unpaired) electrons. The monoisotopic (exact) mass is 190 g/mol. The molecule has 0 bridgehead atoms. The van der Waals surface area contributed by atoms with E-state index >= 15 is 0 Å². The second-order valence-corrected chi connectivity index (χ2v) is 4.92. The summed E-state index contributed by atoms with van der Waals surface area (Å²) < 4.78 is 5.61. The van der Waals surface area contributed by atoms with Gasteiger partial charge in [-0.1, -0.05) is 27.2 Å². The van der Waals surface area contributed by atoms with Crippen molar-refractivity contribution in [3.63, 3.8) is 0 Å². The fourth-order valence-electron chi connectivity index (χ4n) is 0.770. The molecule has 2 heteroatoms. The summed E-state index contributed by atoms with van der Waals surface area (Å²) in [7, 11) is 0. The molecular formula is C10H22OS. The lowest BCUT2D eigenvalue weighted by Gasteiger charge is -2.13. The van der Waals surface area contributed by atoms with E-state index in [4.69, 9.17) is 4.74 Å². The summed E-state index contributed by atoms with van der Waals surface area (Å²) in [5.41, 5.74) is 0.374. The third kappa shape index (κ3) is 8.41. The van der Waals surface area contributed by atoms with Gasteiger partial charge >= 0.3 is 0 Å². The molecule has 1 unspecified atom stereocenters. The highest BCUT2D eigenvalue weighted by Crippen LogP contribution is 2.14. The Morgan fingerprint density at radius 1 is 1.25 bits per heavy atom. The van der Waals surface area contributed by atoms with Crippen LogP contribution in [0.25, 0.3) is 0 Å². The lowest BCUT2D eigenvalue weighted by Crippen LogP contribution is -2.09. The van der Waals surface area contributed by atoms with E-state index in [1.54, 1.807) is 0 Å². The Bertz CT molecular complexity index is 93.8. The smallest absolute Gasteiger partial charge is 0.0999 e. The molecule has 0 heterocycles. The molecule has 0 aromatic heterocycles. The molecule has 0 rings (SSSR count). The summed E-state index contributed by atoms with van der Waals surface area (Å²) in [4.78, 5) is 0. The zero-order chi connectivity index (χ0) is 9.40. The van der Waals surface area contributed by atoms with Crippen LogP contribution in [0.5, 0.6) is 0 Å². The molecule has 0 saturated heterocycles. The van der Waals surface area contributed by atoms with Crippen LogP contribution in [0.1, 0.15) is 40.5 Å². The van der Waals surface area contributed by atoms with Gasteiger partial charge in [-0.15, -0.1) is 11.8 Å². The molecule has 0 aromatic carbocycles. The fourth-order valence-corrected chi connectivity index (χ4v) is 1.73. The van der Waals surface area contributed by atoms with Crippen LogP contribution in [-0.2, 0) is 4.74 Å². The van der Waals surface area contributed by atoms with Crippen molar-refractivity contribution in [3.05, 3.63) is 0 Å². The number of ether oxygens (including phenoxy) is 1. The van der Waals surface area contributed by atoms with Gasteiger partial charge in [0.05, 0.1) is 12.0 Å². The largest absolute Gasteiger partial charge is 0.368 e. The van der Waals surface area contributed by atoms with E-state index in [9.17, 15) is 0 Å². The van der Waals surface area contributed by atoms with Gasteiger partial charge in [-0.25, -0.2) is 0 Å². The standard InChI is InChI=1S/C10H22OS/c1-5-6-7-12-10(4)11-8-9(2)3/h9-10H,5-8H2,1-4H3. The van der Waals surface area contributed by atoms with E-state index in [0.29, 0.717) is 11.4 Å². The molecular weight excluding hydrogens is 168 g/mol. The van der Waals surface area contributed by atoms with Crippen LogP contribution >= 0.6 is 11.8 Å². The molecule has 0 aliphatic carbocycles. The van der Waals surface area contributed by atoms with Gasteiger partial charge < -0.3 is 4.74 Å². The van der Waals surface area contributed by atoms with Crippen molar-refractivity contribution in [1.82, 2.24) is 0 Å². The predicted octanol–water partition coefficient (Wildman–Crippen LogP) is 3.54. The van der Waals surface area contributed by atoms with Crippen molar-refractivity contribution >= 4 is 11.8 Å². The second-order valence-electron chi connectivity index (χ2n) is 3.52. The quantitative estimate of drug-likeness (QED) is 0.448. The first-order valence-electron chi connectivity index (χ1n) is 4.90. The van der Waals surface area contributed by atoms with E-state index in [1.165, 1.54) is 18.6 Å². The van der Waals surface area contributed by atoms with E-state index in [0.717, 1.165) is 6.61 Å². The molecule has 1 nitrogen and oxygen atoms in total. The zero-order valence-electron chi connectivity index (χ0n) is 8.80. The van der Waals surface area contributed by atoms with Crippen molar-refractivity contribution < 1.29 is 4.74 Å². The molecule has 0 saturated carbocycles. The maximum atomic E-state index is 5.61. The summed E-state index contributed by atoms with van der Waals surface area (Å²) in [6.45, 7) is 9.62. The highest BCUT2D eigenvalue weighted by Gasteiger charge is 2.02. The molecule has 0 N–H and O–H groups in total. The molecule has 0 aliphatic rings. The molecule has 12 heavy (non-hydrogen) atoms. The normalized spacial score (nSPS) is 13.8. The van der Waals surface area contributed by atoms with E-state index < -0.39 is 0 Å². The first-order chi connectivity index (χ1) is 5.66. The van der Waals surface area contributed by atoms with Crippen LogP contribution in [0.2, 0.25) is 0 Å². The summed E-state index contributed by atoms with van der Waals surface area (Å²) >= 11 is 1.92. The van der Waals surface area contributed by atoms with Crippen LogP contribution in [0, 0.1) is 5.92 Å². The highest BCUT2D eigenvalue weighted by atomic mass is 32.2. The SMILES string of the molecule is CCCCSC(C)OCC(C)C. The Hall–Kier alpha value is 0.310. The van der Waals surface area contributed by atoms with Crippen molar-refractivity contribution in [2.75, 3.05) is 12.4 Å². The summed E-state index contributed by atoms with van der Waals surface area (Å²) in [6, 6.07) is 0. The molecule has 0 aromatic rings. The third-order valence-corrected chi connectivity index (χ3v) is 2.64. The van der Waals surface area contributed by atoms with E-state index in [1.807, 2.05) is 11.8 Å². The second kappa shape index (κ2) is 7.93. The maximum absolute atomic E-state index is 5.61. The average Bonchev–Trinajstić information content (AvgIpc) is 2.01. The topological polar surface area (TPSA) is 9.23 Å². The molecule has 0 amide bonds. The molecule has 0 aliphatic heterocycles. The van der Waals surface area contributed by atoms with Crippen molar-refractivity contribution in [3.8, 4) is 0 Å². The minimum absolute atomic E-state index is 0.374. The van der Waals surface area contributed by atoms with Crippen LogP contribution in [0.4, 0.5) is 0 Å². The third-order valence-electron chi connectivity index (χ3n) is 1.51. The number of thioether (sulfide) groups is 1. The number of unbranched alkanes of at least 4 members (excludes halogenated alkanes) is 1. The molecule has 1 atom stereocenters. The minimum atomic E-state index is 0.374. The van der Waals surface area contributed by atoms with Gasteiger partial charge in [0.15, 0.2) is 0 Å². The van der Waals surface area contributed by atoms with Crippen molar-refractivity contribution in [2.24, 2.45) is 5.92 Å². The highest BCUT2D eigenvalue weighted by molar-refractivity contribution is 7.99. The summed E-state index contributed by atoms with van der Waals surface area (Å²) in [5, 5.41) is 0. The first-order valence-corrected chi connectivity index (χ1v) is 5.94. The Kier molecular flexibility index (Phi) is 8.14. The fraction of sp³-hybridized carbons (Fsp3) is 1.00. The van der Waals surface area contributed by atoms with Crippen molar-refractivity contribution in [2.45, 2.75) is 46.0 Å². The average molecular weight is 190 g/mol. The summed E-state index contributed by atoms with van der Waals surface area (Å²) in [6.07, 6.45) is 2.59. The van der Waals surface area contributed by atoms with Gasteiger partial charge in [0.1, 0.15) is 0 Å². The number of hydrogen-bond donors (Lipinski definition) is 0. The summed E-state index contributed by atoms with van der Waals surface area (Å²) in [5.74, 6) is 1.88. The van der Waals surface area contributed by atoms with Gasteiger partial charge in [-0.3, -0.25) is 0 Å². The first kappa shape index (κ1) is 12.3. The van der Waals surface area contributed by atoms with Gasteiger partial charge in [0, 0.05) is 0 Å². The Morgan fingerprint density at radius 2 is 1.92 bits per heavy atom.